The van der Waals surface area contributed by atoms with E-state index in [-0.39, 0.29) is 11.7 Å². The highest BCUT2D eigenvalue weighted by atomic mass is 32.2. The molecule has 2 aromatic carbocycles. The average Bonchev–Trinajstić information content (AvgIpc) is 2.66. The second kappa shape index (κ2) is 7.90. The first-order valence-corrected chi connectivity index (χ1v) is 8.68. The molecule has 1 heterocycles. The molecule has 0 radical (unpaired) electrons. The quantitative estimate of drug-likeness (QED) is 0.679. The molecule has 0 aliphatic carbocycles. The Morgan fingerprint density at radius 2 is 1.96 bits per heavy atom. The highest BCUT2D eigenvalue weighted by molar-refractivity contribution is 8.00. The summed E-state index contributed by atoms with van der Waals surface area (Å²) in [6.07, 6.45) is 1.76. The number of anilines is 1. The van der Waals surface area contributed by atoms with Crippen molar-refractivity contribution in [3.05, 3.63) is 54.7 Å². The van der Waals surface area contributed by atoms with E-state index in [1.165, 1.54) is 11.8 Å². The third-order valence-electron chi connectivity index (χ3n) is 3.64. The maximum atomic E-state index is 12.3. The number of pyridine rings is 1. The zero-order valence-corrected chi connectivity index (χ0v) is 14.8. The van der Waals surface area contributed by atoms with Gasteiger partial charge in [-0.2, -0.15) is 0 Å². The van der Waals surface area contributed by atoms with Crippen LogP contribution in [0.5, 0.6) is 11.5 Å². The molecule has 1 aromatic heterocycles. The Hall–Kier alpha value is -2.73. The van der Waals surface area contributed by atoms with Crippen molar-refractivity contribution in [3.8, 4) is 11.5 Å². The number of aromatic nitrogens is 1. The van der Waals surface area contributed by atoms with Gasteiger partial charge in [0.05, 0.1) is 31.2 Å². The van der Waals surface area contributed by atoms with Gasteiger partial charge in [-0.1, -0.05) is 18.2 Å². The van der Waals surface area contributed by atoms with E-state index in [0.717, 1.165) is 15.8 Å². The van der Waals surface area contributed by atoms with E-state index in [9.17, 15) is 4.79 Å². The number of ether oxygens (including phenoxy) is 2. The summed E-state index contributed by atoms with van der Waals surface area (Å²) in [7, 11) is 3.14. The Morgan fingerprint density at radius 3 is 2.76 bits per heavy atom. The summed E-state index contributed by atoms with van der Waals surface area (Å²) in [5.74, 6) is 1.40. The minimum atomic E-state index is -0.110. The van der Waals surface area contributed by atoms with Crippen LogP contribution in [0, 0.1) is 0 Å². The van der Waals surface area contributed by atoms with Crippen molar-refractivity contribution in [2.24, 2.45) is 0 Å². The molecule has 0 aliphatic heterocycles. The maximum absolute atomic E-state index is 12.3. The van der Waals surface area contributed by atoms with E-state index in [1.807, 2.05) is 30.3 Å². The van der Waals surface area contributed by atoms with Crippen molar-refractivity contribution in [1.82, 2.24) is 4.98 Å². The lowest BCUT2D eigenvalue weighted by molar-refractivity contribution is -0.113. The fourth-order valence-corrected chi connectivity index (χ4v) is 3.26. The normalized spacial score (nSPS) is 10.5. The van der Waals surface area contributed by atoms with Crippen LogP contribution in [0.15, 0.2) is 59.6 Å². The largest absolute Gasteiger partial charge is 0.497 e. The lowest BCUT2D eigenvalue weighted by atomic mass is 10.2. The number of carbonyl (C=O) groups excluding carboxylic acids is 1. The molecule has 6 heteroatoms. The van der Waals surface area contributed by atoms with Crippen molar-refractivity contribution in [1.29, 1.82) is 0 Å². The van der Waals surface area contributed by atoms with Crippen LogP contribution in [0.25, 0.3) is 10.9 Å². The fraction of sp³-hybridized carbons (Fsp3) is 0.158. The van der Waals surface area contributed by atoms with Gasteiger partial charge in [0, 0.05) is 22.5 Å². The molecule has 0 fully saturated rings. The summed E-state index contributed by atoms with van der Waals surface area (Å²) in [6, 6.07) is 15.1. The van der Waals surface area contributed by atoms with Gasteiger partial charge in [-0.15, -0.1) is 11.8 Å². The summed E-state index contributed by atoms with van der Waals surface area (Å²) in [6.45, 7) is 0. The average molecular weight is 354 g/mol. The Kier molecular flexibility index (Phi) is 5.40. The predicted molar refractivity (Wildman–Crippen MR) is 101 cm³/mol. The first-order valence-electron chi connectivity index (χ1n) is 7.69. The van der Waals surface area contributed by atoms with Gasteiger partial charge in [0.1, 0.15) is 11.5 Å². The van der Waals surface area contributed by atoms with Gasteiger partial charge in [0.25, 0.3) is 0 Å². The molecule has 1 N–H and O–H groups in total. The molecule has 0 unspecified atom stereocenters. The third kappa shape index (κ3) is 4.03. The first-order chi connectivity index (χ1) is 12.2. The molecule has 0 aliphatic rings. The topological polar surface area (TPSA) is 60.5 Å². The van der Waals surface area contributed by atoms with Gasteiger partial charge in [0.2, 0.25) is 5.91 Å². The first kappa shape index (κ1) is 17.1. The Bertz CT molecular complexity index is 893. The number of carbonyl (C=O) groups is 1. The second-order valence-electron chi connectivity index (χ2n) is 5.23. The summed E-state index contributed by atoms with van der Waals surface area (Å²) in [4.78, 5) is 17.7. The van der Waals surface area contributed by atoms with Crippen molar-refractivity contribution < 1.29 is 14.3 Å². The second-order valence-corrected chi connectivity index (χ2v) is 6.25. The van der Waals surface area contributed by atoms with Crippen LogP contribution in [0.3, 0.4) is 0 Å². The lowest BCUT2D eigenvalue weighted by Gasteiger charge is -2.11. The van der Waals surface area contributed by atoms with Crippen LogP contribution in [0.1, 0.15) is 0 Å². The van der Waals surface area contributed by atoms with Gasteiger partial charge in [0.15, 0.2) is 0 Å². The zero-order valence-electron chi connectivity index (χ0n) is 14.0. The van der Waals surface area contributed by atoms with Crippen LogP contribution < -0.4 is 14.8 Å². The van der Waals surface area contributed by atoms with Gasteiger partial charge in [-0.25, -0.2) is 0 Å². The Labute approximate surface area is 150 Å². The fourth-order valence-electron chi connectivity index (χ4n) is 2.42. The van der Waals surface area contributed by atoms with E-state index in [1.54, 1.807) is 38.6 Å². The number of para-hydroxylation sites is 1. The van der Waals surface area contributed by atoms with Gasteiger partial charge in [-0.3, -0.25) is 9.78 Å². The molecule has 0 bridgehead atoms. The van der Waals surface area contributed by atoms with Crippen molar-refractivity contribution >= 4 is 34.3 Å². The number of benzene rings is 2. The number of nitrogens with one attached hydrogen (secondary N) is 1. The molecule has 0 saturated carbocycles. The molecule has 5 nitrogen and oxygen atoms in total. The van der Waals surface area contributed by atoms with Crippen LogP contribution in [0.4, 0.5) is 5.69 Å². The Morgan fingerprint density at radius 1 is 1.12 bits per heavy atom. The standard InChI is InChI=1S/C19H18N2O3S/c1-23-14-8-9-15(16(11-14)24-2)21-18(22)12-25-17-7-3-5-13-6-4-10-20-19(13)17/h3-11H,12H2,1-2H3,(H,21,22). The summed E-state index contributed by atoms with van der Waals surface area (Å²) in [5, 5.41) is 3.93. The number of thioether (sulfide) groups is 1. The molecule has 0 saturated heterocycles. The minimum absolute atomic E-state index is 0.110. The lowest BCUT2D eigenvalue weighted by Crippen LogP contribution is -2.14. The number of hydrogen-bond donors (Lipinski definition) is 1. The number of rotatable bonds is 6. The number of amides is 1. The molecule has 3 rings (SSSR count). The monoisotopic (exact) mass is 354 g/mol. The molecule has 0 atom stereocenters. The number of methoxy groups -OCH3 is 2. The molecule has 25 heavy (non-hydrogen) atoms. The van der Waals surface area contributed by atoms with E-state index in [4.69, 9.17) is 9.47 Å². The van der Waals surface area contributed by atoms with Crippen LogP contribution in [0.2, 0.25) is 0 Å². The molecule has 128 valence electrons. The maximum Gasteiger partial charge on any atom is 0.234 e. The zero-order chi connectivity index (χ0) is 17.6. The van der Waals surface area contributed by atoms with E-state index in [0.29, 0.717) is 17.2 Å². The predicted octanol–water partition coefficient (Wildman–Crippen LogP) is 3.98. The van der Waals surface area contributed by atoms with E-state index < -0.39 is 0 Å². The SMILES string of the molecule is COc1ccc(NC(=O)CSc2cccc3cccnc23)c(OC)c1. The van der Waals surface area contributed by atoms with Crippen molar-refractivity contribution in [2.45, 2.75) is 4.90 Å². The summed E-state index contributed by atoms with van der Waals surface area (Å²) < 4.78 is 10.5. The smallest absolute Gasteiger partial charge is 0.234 e. The van der Waals surface area contributed by atoms with Crippen LogP contribution in [-0.4, -0.2) is 30.9 Å². The molecular formula is C19H18N2O3S. The number of fused-ring (bicyclic) bond motifs is 1. The number of hydrogen-bond acceptors (Lipinski definition) is 5. The molecule has 1 amide bonds. The minimum Gasteiger partial charge on any atom is -0.497 e. The van der Waals surface area contributed by atoms with Crippen LogP contribution in [-0.2, 0) is 4.79 Å². The van der Waals surface area contributed by atoms with Crippen LogP contribution >= 0.6 is 11.8 Å². The molecule has 0 spiro atoms. The van der Waals surface area contributed by atoms with E-state index in [2.05, 4.69) is 10.3 Å². The third-order valence-corrected chi connectivity index (χ3v) is 4.68. The van der Waals surface area contributed by atoms with Gasteiger partial charge < -0.3 is 14.8 Å². The van der Waals surface area contributed by atoms with E-state index >= 15 is 0 Å². The van der Waals surface area contributed by atoms with Gasteiger partial charge in [-0.05, 0) is 24.3 Å². The highest BCUT2D eigenvalue weighted by Gasteiger charge is 2.10. The summed E-state index contributed by atoms with van der Waals surface area (Å²) >= 11 is 1.46. The van der Waals surface area contributed by atoms with Crippen molar-refractivity contribution in [3.63, 3.8) is 0 Å². The Balaban J connectivity index is 1.69. The summed E-state index contributed by atoms with van der Waals surface area (Å²) in [5.41, 5.74) is 1.52. The molecular weight excluding hydrogens is 336 g/mol. The van der Waals surface area contributed by atoms with Crippen molar-refractivity contribution in [2.75, 3.05) is 25.3 Å². The number of nitrogens with zero attached hydrogens (tertiary/aromatic N) is 1. The molecule has 3 aromatic rings. The van der Waals surface area contributed by atoms with Gasteiger partial charge >= 0.3 is 0 Å². The highest BCUT2D eigenvalue weighted by Crippen LogP contribution is 2.30.